The summed E-state index contributed by atoms with van der Waals surface area (Å²) in [4.78, 5) is 20.5. The van der Waals surface area contributed by atoms with Crippen LogP contribution in [0.25, 0.3) is 11.0 Å². The van der Waals surface area contributed by atoms with E-state index in [-0.39, 0.29) is 12.5 Å². The van der Waals surface area contributed by atoms with Gasteiger partial charge in [0.1, 0.15) is 17.7 Å². The van der Waals surface area contributed by atoms with Gasteiger partial charge >= 0.3 is 5.97 Å². The van der Waals surface area contributed by atoms with Crippen molar-refractivity contribution in [2.45, 2.75) is 45.6 Å². The van der Waals surface area contributed by atoms with Gasteiger partial charge in [0, 0.05) is 37.9 Å². The lowest BCUT2D eigenvalue weighted by molar-refractivity contribution is -0.137. The highest BCUT2D eigenvalue weighted by Gasteiger charge is 2.22. The maximum atomic E-state index is 10.7. The van der Waals surface area contributed by atoms with Crippen LogP contribution in [-0.2, 0) is 11.2 Å². The van der Waals surface area contributed by atoms with Crippen molar-refractivity contribution in [3.63, 3.8) is 0 Å². The first-order valence-corrected chi connectivity index (χ1v) is 8.61. The number of nitrogens with zero attached hydrogens (tertiary/aromatic N) is 2. The first kappa shape index (κ1) is 17.3. The SMILES string of the molecule is CC(=N)N1CCC(Oc2ccc3[nH]c(CCC(=O)O)nc3c2C)CC1. The molecule has 1 aromatic carbocycles. The van der Waals surface area contributed by atoms with E-state index >= 15 is 0 Å². The zero-order chi connectivity index (χ0) is 18.0. The molecule has 1 aliphatic rings. The summed E-state index contributed by atoms with van der Waals surface area (Å²) in [6, 6.07) is 3.89. The number of H-pyrrole nitrogens is 1. The first-order chi connectivity index (χ1) is 11.9. The average molecular weight is 344 g/mol. The van der Waals surface area contributed by atoms with Gasteiger partial charge < -0.3 is 19.7 Å². The normalized spacial score (nSPS) is 15.5. The van der Waals surface area contributed by atoms with E-state index in [1.165, 1.54) is 0 Å². The van der Waals surface area contributed by atoms with E-state index < -0.39 is 5.97 Å². The molecule has 2 heterocycles. The van der Waals surface area contributed by atoms with Crippen molar-refractivity contribution in [1.82, 2.24) is 14.9 Å². The molecule has 0 unspecified atom stereocenters. The van der Waals surface area contributed by atoms with Crippen LogP contribution >= 0.6 is 0 Å². The number of hydrogen-bond donors (Lipinski definition) is 3. The minimum Gasteiger partial charge on any atom is -0.490 e. The Morgan fingerprint density at radius 1 is 1.44 bits per heavy atom. The van der Waals surface area contributed by atoms with Gasteiger partial charge in [-0.2, -0.15) is 0 Å². The lowest BCUT2D eigenvalue weighted by Gasteiger charge is -2.33. The van der Waals surface area contributed by atoms with Gasteiger partial charge in [0.15, 0.2) is 0 Å². The summed E-state index contributed by atoms with van der Waals surface area (Å²) in [5, 5.41) is 16.5. The Bertz CT molecular complexity index is 791. The number of aryl methyl sites for hydroxylation is 2. The molecule has 1 aromatic heterocycles. The second kappa shape index (κ2) is 7.13. The quantitative estimate of drug-likeness (QED) is 0.572. The number of nitrogens with one attached hydrogen (secondary N) is 2. The minimum absolute atomic E-state index is 0.0627. The number of benzene rings is 1. The molecule has 7 nitrogen and oxygen atoms in total. The van der Waals surface area contributed by atoms with Crippen molar-refractivity contribution in [1.29, 1.82) is 5.41 Å². The Balaban J connectivity index is 1.71. The van der Waals surface area contributed by atoms with Gasteiger partial charge in [0.25, 0.3) is 0 Å². The van der Waals surface area contributed by atoms with E-state index in [0.29, 0.717) is 18.1 Å². The fourth-order valence-corrected chi connectivity index (χ4v) is 3.20. The summed E-state index contributed by atoms with van der Waals surface area (Å²) in [5.74, 6) is 1.30. The molecule has 0 bridgehead atoms. The highest BCUT2D eigenvalue weighted by molar-refractivity contribution is 5.81. The molecule has 1 fully saturated rings. The van der Waals surface area contributed by atoms with Crippen LogP contribution < -0.4 is 4.74 Å². The number of fused-ring (bicyclic) bond motifs is 1. The van der Waals surface area contributed by atoms with E-state index in [2.05, 4.69) is 14.9 Å². The molecule has 0 amide bonds. The van der Waals surface area contributed by atoms with Crippen LogP contribution in [0.3, 0.4) is 0 Å². The van der Waals surface area contributed by atoms with Gasteiger partial charge in [0.2, 0.25) is 0 Å². The number of amidine groups is 1. The molecule has 134 valence electrons. The van der Waals surface area contributed by atoms with Crippen LogP contribution in [0, 0.1) is 12.3 Å². The van der Waals surface area contributed by atoms with Crippen LogP contribution in [0.4, 0.5) is 0 Å². The standard InChI is InChI=1S/C18H24N4O3/c1-11-15(25-13-7-9-22(10-8-13)12(2)19)4-3-14-18(11)21-16(20-14)5-6-17(23)24/h3-4,13,19H,5-10H2,1-2H3,(H,20,21)(H,23,24). The van der Waals surface area contributed by atoms with Crippen LogP contribution in [0.5, 0.6) is 5.75 Å². The van der Waals surface area contributed by atoms with Crippen LogP contribution in [0.2, 0.25) is 0 Å². The predicted molar refractivity (Wildman–Crippen MR) is 95.4 cm³/mol. The number of ether oxygens (including phenoxy) is 1. The zero-order valence-corrected chi connectivity index (χ0v) is 14.6. The Kier molecular flexibility index (Phi) is 4.92. The number of carbonyl (C=O) groups is 1. The summed E-state index contributed by atoms with van der Waals surface area (Å²) < 4.78 is 6.18. The molecular formula is C18H24N4O3. The Hall–Kier alpha value is -2.57. The van der Waals surface area contributed by atoms with Gasteiger partial charge in [-0.3, -0.25) is 10.2 Å². The second-order valence-electron chi connectivity index (χ2n) is 6.55. The van der Waals surface area contributed by atoms with Crippen molar-refractivity contribution < 1.29 is 14.6 Å². The van der Waals surface area contributed by atoms with Gasteiger partial charge in [-0.1, -0.05) is 0 Å². The molecular weight excluding hydrogens is 320 g/mol. The molecule has 25 heavy (non-hydrogen) atoms. The van der Waals surface area contributed by atoms with Crippen molar-refractivity contribution in [3.05, 3.63) is 23.5 Å². The second-order valence-corrected chi connectivity index (χ2v) is 6.55. The highest BCUT2D eigenvalue weighted by atomic mass is 16.5. The van der Waals surface area contributed by atoms with Crippen LogP contribution in [-0.4, -0.2) is 51.0 Å². The molecule has 2 aromatic rings. The molecule has 3 N–H and O–H groups in total. The minimum atomic E-state index is -0.826. The fourth-order valence-electron chi connectivity index (χ4n) is 3.20. The molecule has 0 spiro atoms. The van der Waals surface area contributed by atoms with Crippen LogP contribution in [0.1, 0.15) is 37.6 Å². The number of imidazole rings is 1. The average Bonchev–Trinajstić information content (AvgIpc) is 3.00. The first-order valence-electron chi connectivity index (χ1n) is 8.61. The largest absolute Gasteiger partial charge is 0.490 e. The van der Waals surface area contributed by atoms with Crippen molar-refractivity contribution >= 4 is 22.8 Å². The summed E-state index contributed by atoms with van der Waals surface area (Å²) >= 11 is 0. The highest BCUT2D eigenvalue weighted by Crippen LogP contribution is 2.28. The summed E-state index contributed by atoms with van der Waals surface area (Å²) in [7, 11) is 0. The van der Waals surface area contributed by atoms with E-state index in [9.17, 15) is 4.79 Å². The smallest absolute Gasteiger partial charge is 0.303 e. The molecule has 7 heteroatoms. The van der Waals surface area contributed by atoms with Gasteiger partial charge in [-0.25, -0.2) is 4.98 Å². The van der Waals surface area contributed by atoms with Crippen molar-refractivity contribution in [3.8, 4) is 5.75 Å². The molecule has 1 saturated heterocycles. The van der Waals surface area contributed by atoms with E-state index in [1.54, 1.807) is 0 Å². The van der Waals surface area contributed by atoms with E-state index in [1.807, 2.05) is 26.0 Å². The summed E-state index contributed by atoms with van der Waals surface area (Å²) in [5.41, 5.74) is 2.71. The van der Waals surface area contributed by atoms with Crippen molar-refractivity contribution in [2.24, 2.45) is 0 Å². The number of hydrogen-bond acceptors (Lipinski definition) is 4. The maximum Gasteiger partial charge on any atom is 0.303 e. The summed E-state index contributed by atoms with van der Waals surface area (Å²) in [6.45, 7) is 5.50. The number of aromatic nitrogens is 2. The predicted octanol–water partition coefficient (Wildman–Crippen LogP) is 2.73. The van der Waals surface area contributed by atoms with Crippen molar-refractivity contribution in [2.75, 3.05) is 13.1 Å². The van der Waals surface area contributed by atoms with Gasteiger partial charge in [0.05, 0.1) is 23.3 Å². The van der Waals surface area contributed by atoms with Crippen LogP contribution in [0.15, 0.2) is 12.1 Å². The summed E-state index contributed by atoms with van der Waals surface area (Å²) in [6.07, 6.45) is 2.40. The topological polar surface area (TPSA) is 102 Å². The number of carboxylic acids is 1. The Morgan fingerprint density at radius 2 is 2.16 bits per heavy atom. The molecule has 0 saturated carbocycles. The maximum absolute atomic E-state index is 10.7. The molecule has 0 radical (unpaired) electrons. The van der Waals surface area contributed by atoms with Gasteiger partial charge in [-0.15, -0.1) is 0 Å². The lowest BCUT2D eigenvalue weighted by atomic mass is 10.1. The molecule has 0 aliphatic carbocycles. The lowest BCUT2D eigenvalue weighted by Crippen LogP contribution is -2.40. The molecule has 0 atom stereocenters. The number of aliphatic carboxylic acids is 1. The third-order valence-corrected chi connectivity index (χ3v) is 4.69. The molecule has 3 rings (SSSR count). The van der Waals surface area contributed by atoms with Gasteiger partial charge in [-0.05, 0) is 26.0 Å². The monoisotopic (exact) mass is 344 g/mol. The van der Waals surface area contributed by atoms with E-state index in [0.717, 1.165) is 48.3 Å². The zero-order valence-electron chi connectivity index (χ0n) is 14.6. The number of likely N-dealkylation sites (tertiary alicyclic amines) is 1. The van der Waals surface area contributed by atoms with E-state index in [4.69, 9.17) is 15.3 Å². The number of carboxylic acid groups (broad SMARTS) is 1. The Morgan fingerprint density at radius 3 is 2.80 bits per heavy atom. The number of aromatic amines is 1. The Labute approximate surface area is 146 Å². The number of rotatable bonds is 5. The molecule has 1 aliphatic heterocycles. The third-order valence-electron chi connectivity index (χ3n) is 4.69. The fraction of sp³-hybridized carbons (Fsp3) is 0.500. The third kappa shape index (κ3) is 3.92. The number of piperidine rings is 1.